The van der Waals surface area contributed by atoms with Crippen LogP contribution in [0.3, 0.4) is 0 Å². The second kappa shape index (κ2) is 8.18. The van der Waals surface area contributed by atoms with Gasteiger partial charge >= 0.3 is 5.97 Å². The first-order chi connectivity index (χ1) is 12.2. The number of rotatable bonds is 7. The van der Waals surface area contributed by atoms with Crippen molar-refractivity contribution in [3.8, 4) is 11.3 Å². The van der Waals surface area contributed by atoms with E-state index in [2.05, 4.69) is 14.9 Å². The van der Waals surface area contributed by atoms with Crippen LogP contribution in [0.15, 0.2) is 36.7 Å². The number of nitrogens with zero attached hydrogens (tertiary/aromatic N) is 3. The molecule has 0 radical (unpaired) electrons. The molecular weight excluding hydrogens is 318 g/mol. The zero-order chi connectivity index (χ0) is 17.6. The summed E-state index contributed by atoms with van der Waals surface area (Å²) in [5.74, 6) is -0.309. The van der Waals surface area contributed by atoms with Crippen molar-refractivity contribution in [1.82, 2.24) is 14.9 Å². The Kier molecular flexibility index (Phi) is 5.73. The number of benzene rings is 1. The zero-order valence-electron chi connectivity index (χ0n) is 14.4. The van der Waals surface area contributed by atoms with Crippen LogP contribution in [-0.2, 0) is 11.2 Å². The summed E-state index contributed by atoms with van der Waals surface area (Å²) in [6.07, 6.45) is 5.72. The van der Waals surface area contributed by atoms with E-state index < -0.39 is 5.97 Å². The van der Waals surface area contributed by atoms with E-state index in [4.69, 9.17) is 9.84 Å². The molecule has 25 heavy (non-hydrogen) atoms. The van der Waals surface area contributed by atoms with Crippen LogP contribution in [0.5, 0.6) is 0 Å². The van der Waals surface area contributed by atoms with E-state index in [1.165, 1.54) is 6.42 Å². The zero-order valence-corrected chi connectivity index (χ0v) is 14.4. The number of aromatic carboxylic acids is 1. The third-order valence-corrected chi connectivity index (χ3v) is 4.61. The molecule has 1 aromatic heterocycles. The predicted molar refractivity (Wildman–Crippen MR) is 94.6 cm³/mol. The first-order valence-electron chi connectivity index (χ1n) is 8.51. The highest BCUT2D eigenvalue weighted by molar-refractivity contribution is 5.88. The summed E-state index contributed by atoms with van der Waals surface area (Å²) in [5, 5.41) is 8.95. The summed E-state index contributed by atoms with van der Waals surface area (Å²) in [5.41, 5.74) is 2.90. The lowest BCUT2D eigenvalue weighted by Crippen LogP contribution is -2.25. The number of ether oxygens (including phenoxy) is 1. The molecule has 1 unspecified atom stereocenters. The molecule has 0 bridgehead atoms. The van der Waals surface area contributed by atoms with Crippen molar-refractivity contribution < 1.29 is 14.6 Å². The van der Waals surface area contributed by atoms with Gasteiger partial charge in [-0.2, -0.15) is 0 Å². The maximum atomic E-state index is 10.9. The normalized spacial score (nSPS) is 17.7. The molecule has 2 heterocycles. The number of methoxy groups -OCH3 is 1. The van der Waals surface area contributed by atoms with Gasteiger partial charge in [-0.25, -0.2) is 4.79 Å². The standard InChI is InChI=1S/C19H23N3O3/c1-25-9-8-22-7-6-14(13-22)10-17-11-21-18(12-20-17)15-2-4-16(5-3-15)19(23)24/h2-5,11-12,14H,6-10,13H2,1H3,(H,23,24). The monoisotopic (exact) mass is 341 g/mol. The third kappa shape index (κ3) is 4.61. The molecule has 1 N–H and O–H groups in total. The highest BCUT2D eigenvalue weighted by Crippen LogP contribution is 2.21. The predicted octanol–water partition coefficient (Wildman–Crippen LogP) is 2.35. The SMILES string of the molecule is COCCN1CCC(Cc2cnc(-c3ccc(C(=O)O)cc3)cn2)C1. The molecule has 0 aliphatic carbocycles. The minimum atomic E-state index is -0.927. The lowest BCUT2D eigenvalue weighted by atomic mass is 10.0. The highest BCUT2D eigenvalue weighted by Gasteiger charge is 2.22. The number of carboxylic acids is 1. The van der Waals surface area contributed by atoms with Crippen molar-refractivity contribution in [2.75, 3.05) is 33.4 Å². The molecule has 0 amide bonds. The summed E-state index contributed by atoms with van der Waals surface area (Å²) >= 11 is 0. The van der Waals surface area contributed by atoms with E-state index in [-0.39, 0.29) is 5.56 Å². The summed E-state index contributed by atoms with van der Waals surface area (Å²) in [7, 11) is 1.74. The van der Waals surface area contributed by atoms with E-state index in [0.29, 0.717) is 5.92 Å². The smallest absolute Gasteiger partial charge is 0.335 e. The van der Waals surface area contributed by atoms with Crippen LogP contribution in [0.2, 0.25) is 0 Å². The van der Waals surface area contributed by atoms with Gasteiger partial charge in [0.15, 0.2) is 0 Å². The molecule has 1 aromatic carbocycles. The van der Waals surface area contributed by atoms with Crippen LogP contribution in [0.25, 0.3) is 11.3 Å². The maximum absolute atomic E-state index is 10.9. The number of hydrogen-bond acceptors (Lipinski definition) is 5. The van der Waals surface area contributed by atoms with Crippen LogP contribution in [0.1, 0.15) is 22.5 Å². The summed E-state index contributed by atoms with van der Waals surface area (Å²) in [4.78, 5) is 22.4. The minimum Gasteiger partial charge on any atom is -0.478 e. The van der Waals surface area contributed by atoms with Gasteiger partial charge in [-0.3, -0.25) is 9.97 Å². The molecular formula is C19H23N3O3. The Morgan fingerprint density at radius 3 is 2.72 bits per heavy atom. The Labute approximate surface area is 147 Å². The number of carbonyl (C=O) groups is 1. The largest absolute Gasteiger partial charge is 0.478 e. The molecule has 0 saturated carbocycles. The van der Waals surface area contributed by atoms with Crippen LogP contribution < -0.4 is 0 Å². The molecule has 1 fully saturated rings. The topological polar surface area (TPSA) is 75.5 Å². The molecule has 132 valence electrons. The Bertz CT molecular complexity index is 701. The average molecular weight is 341 g/mol. The molecule has 1 aliphatic rings. The molecule has 2 aromatic rings. The van der Waals surface area contributed by atoms with E-state index in [1.807, 2.05) is 6.20 Å². The lowest BCUT2D eigenvalue weighted by molar-refractivity contribution is 0.0697. The molecule has 1 saturated heterocycles. The Balaban J connectivity index is 1.58. The Morgan fingerprint density at radius 2 is 2.08 bits per heavy atom. The van der Waals surface area contributed by atoms with Gasteiger partial charge in [-0.1, -0.05) is 12.1 Å². The van der Waals surface area contributed by atoms with Gasteiger partial charge in [0.05, 0.1) is 29.8 Å². The van der Waals surface area contributed by atoms with Crippen molar-refractivity contribution >= 4 is 5.97 Å². The van der Waals surface area contributed by atoms with Crippen LogP contribution in [-0.4, -0.2) is 59.3 Å². The van der Waals surface area contributed by atoms with Crippen molar-refractivity contribution in [2.24, 2.45) is 5.92 Å². The average Bonchev–Trinajstić information content (AvgIpc) is 3.08. The van der Waals surface area contributed by atoms with Gasteiger partial charge in [0, 0.05) is 32.0 Å². The van der Waals surface area contributed by atoms with E-state index in [0.717, 1.165) is 49.6 Å². The first kappa shape index (κ1) is 17.5. The molecule has 1 atom stereocenters. The molecule has 1 aliphatic heterocycles. The summed E-state index contributed by atoms with van der Waals surface area (Å²) < 4.78 is 5.14. The second-order valence-electron chi connectivity index (χ2n) is 6.43. The van der Waals surface area contributed by atoms with Gasteiger partial charge in [0.1, 0.15) is 0 Å². The quantitative estimate of drug-likeness (QED) is 0.833. The van der Waals surface area contributed by atoms with Crippen molar-refractivity contribution in [2.45, 2.75) is 12.8 Å². The third-order valence-electron chi connectivity index (χ3n) is 4.61. The van der Waals surface area contributed by atoms with Crippen LogP contribution in [0, 0.1) is 5.92 Å². The molecule has 3 rings (SSSR count). The second-order valence-corrected chi connectivity index (χ2v) is 6.43. The number of likely N-dealkylation sites (tertiary alicyclic amines) is 1. The minimum absolute atomic E-state index is 0.271. The van der Waals surface area contributed by atoms with E-state index in [9.17, 15) is 4.79 Å². The van der Waals surface area contributed by atoms with Gasteiger partial charge in [-0.05, 0) is 37.4 Å². The van der Waals surface area contributed by atoms with Gasteiger partial charge in [0.2, 0.25) is 0 Å². The fourth-order valence-corrected chi connectivity index (χ4v) is 3.19. The van der Waals surface area contributed by atoms with Gasteiger partial charge in [-0.15, -0.1) is 0 Å². The van der Waals surface area contributed by atoms with Gasteiger partial charge in [0.25, 0.3) is 0 Å². The molecule has 0 spiro atoms. The van der Waals surface area contributed by atoms with E-state index in [1.54, 1.807) is 37.6 Å². The van der Waals surface area contributed by atoms with Crippen molar-refractivity contribution in [1.29, 1.82) is 0 Å². The Morgan fingerprint density at radius 1 is 1.28 bits per heavy atom. The number of carboxylic acid groups (broad SMARTS) is 1. The van der Waals surface area contributed by atoms with E-state index >= 15 is 0 Å². The van der Waals surface area contributed by atoms with Crippen molar-refractivity contribution in [3.05, 3.63) is 47.9 Å². The summed E-state index contributed by atoms with van der Waals surface area (Å²) in [6.45, 7) is 3.98. The lowest BCUT2D eigenvalue weighted by Gasteiger charge is -2.15. The van der Waals surface area contributed by atoms with Gasteiger partial charge < -0.3 is 14.7 Å². The first-order valence-corrected chi connectivity index (χ1v) is 8.51. The maximum Gasteiger partial charge on any atom is 0.335 e. The number of hydrogen-bond donors (Lipinski definition) is 1. The highest BCUT2D eigenvalue weighted by atomic mass is 16.5. The van der Waals surface area contributed by atoms with Crippen LogP contribution in [0.4, 0.5) is 0 Å². The molecule has 6 heteroatoms. The fourth-order valence-electron chi connectivity index (χ4n) is 3.19. The fraction of sp³-hybridized carbons (Fsp3) is 0.421. The number of aromatic nitrogens is 2. The summed E-state index contributed by atoms with van der Waals surface area (Å²) in [6, 6.07) is 6.69. The van der Waals surface area contributed by atoms with Crippen LogP contribution >= 0.6 is 0 Å². The molecule has 6 nitrogen and oxygen atoms in total. The Hall–Kier alpha value is -2.31. The van der Waals surface area contributed by atoms with Crippen molar-refractivity contribution in [3.63, 3.8) is 0 Å².